The van der Waals surface area contributed by atoms with Crippen LogP contribution < -0.4 is 11.0 Å². The van der Waals surface area contributed by atoms with Crippen molar-refractivity contribution in [3.8, 4) is 0 Å². The predicted octanol–water partition coefficient (Wildman–Crippen LogP) is 2.31. The lowest BCUT2D eigenvalue weighted by atomic mass is 10.2. The number of rotatable bonds is 2. The van der Waals surface area contributed by atoms with E-state index in [9.17, 15) is 14.0 Å². The molecule has 0 aliphatic heterocycles. The summed E-state index contributed by atoms with van der Waals surface area (Å²) in [5, 5.41) is 3.12. The molecule has 1 heterocycles. The Bertz CT molecular complexity index is 872. The predicted molar refractivity (Wildman–Crippen MR) is 76.7 cm³/mol. The number of para-hydroxylation sites is 1. The summed E-state index contributed by atoms with van der Waals surface area (Å²) >= 11 is 0. The minimum Gasteiger partial charge on any atom is -0.321 e. The first-order chi connectivity index (χ1) is 10.1. The van der Waals surface area contributed by atoms with E-state index in [2.05, 4.69) is 15.3 Å². The van der Waals surface area contributed by atoms with Crippen LogP contribution in [0.3, 0.4) is 0 Å². The normalized spacial score (nSPS) is 10.5. The van der Waals surface area contributed by atoms with Crippen LogP contribution >= 0.6 is 0 Å². The average Bonchev–Trinajstić information content (AvgIpc) is 2.48. The van der Waals surface area contributed by atoms with Gasteiger partial charge in [0.2, 0.25) is 0 Å². The molecule has 0 radical (unpaired) electrons. The minimum absolute atomic E-state index is 0.0266. The quantitative estimate of drug-likeness (QED) is 0.758. The van der Waals surface area contributed by atoms with E-state index in [4.69, 9.17) is 0 Å². The van der Waals surface area contributed by atoms with Crippen molar-refractivity contribution in [2.75, 3.05) is 5.32 Å². The molecule has 5 nitrogen and oxygen atoms in total. The van der Waals surface area contributed by atoms with Crippen molar-refractivity contribution in [2.24, 2.45) is 0 Å². The van der Waals surface area contributed by atoms with Crippen LogP contribution in [0.4, 0.5) is 10.1 Å². The molecule has 1 amide bonds. The maximum absolute atomic E-state index is 12.8. The maximum atomic E-state index is 12.8. The summed E-state index contributed by atoms with van der Waals surface area (Å²) in [6.45, 7) is 0. The van der Waals surface area contributed by atoms with E-state index in [1.807, 2.05) is 0 Å². The van der Waals surface area contributed by atoms with Crippen LogP contribution in [0.2, 0.25) is 0 Å². The summed E-state index contributed by atoms with van der Waals surface area (Å²) in [6.07, 6.45) is 0. The molecule has 0 saturated heterocycles. The summed E-state index contributed by atoms with van der Waals surface area (Å²) in [5.41, 5.74) is 0.381. The van der Waals surface area contributed by atoms with E-state index in [0.717, 1.165) is 0 Å². The fourth-order valence-electron chi connectivity index (χ4n) is 2.00. The van der Waals surface area contributed by atoms with E-state index in [0.29, 0.717) is 16.6 Å². The van der Waals surface area contributed by atoms with Gasteiger partial charge in [-0.05, 0) is 30.3 Å². The highest BCUT2D eigenvalue weighted by Crippen LogP contribution is 2.15. The lowest BCUT2D eigenvalue weighted by Gasteiger charge is -2.06. The zero-order valence-corrected chi connectivity index (χ0v) is 10.8. The fraction of sp³-hybridized carbons (Fsp3) is 0. The Morgan fingerprint density at radius 1 is 1.10 bits per heavy atom. The van der Waals surface area contributed by atoms with Crippen LogP contribution in [0, 0.1) is 5.82 Å². The molecule has 0 aliphatic carbocycles. The Morgan fingerprint density at radius 2 is 1.81 bits per heavy atom. The first-order valence-corrected chi connectivity index (χ1v) is 6.19. The second kappa shape index (κ2) is 5.16. The number of anilines is 1. The van der Waals surface area contributed by atoms with Gasteiger partial charge in [0.15, 0.2) is 0 Å². The second-order valence-electron chi connectivity index (χ2n) is 4.40. The van der Waals surface area contributed by atoms with Crippen LogP contribution in [0.15, 0.2) is 53.3 Å². The SMILES string of the molecule is O=C(Nc1ccc(F)cc1)c1nc(=O)[nH]c2ccccc12. The second-order valence-corrected chi connectivity index (χ2v) is 4.40. The summed E-state index contributed by atoms with van der Waals surface area (Å²) in [5.74, 6) is -0.920. The van der Waals surface area contributed by atoms with Gasteiger partial charge >= 0.3 is 5.69 Å². The Hall–Kier alpha value is -3.02. The molecule has 2 N–H and O–H groups in total. The third-order valence-corrected chi connectivity index (χ3v) is 2.95. The van der Waals surface area contributed by atoms with Crippen molar-refractivity contribution in [1.82, 2.24) is 9.97 Å². The highest BCUT2D eigenvalue weighted by atomic mass is 19.1. The smallest absolute Gasteiger partial charge is 0.321 e. The van der Waals surface area contributed by atoms with Crippen LogP contribution in [-0.2, 0) is 0 Å². The Balaban J connectivity index is 2.01. The molecule has 0 saturated carbocycles. The van der Waals surface area contributed by atoms with Gasteiger partial charge in [0.1, 0.15) is 11.5 Å². The summed E-state index contributed by atoms with van der Waals surface area (Å²) in [4.78, 5) is 30.0. The van der Waals surface area contributed by atoms with E-state index in [1.54, 1.807) is 24.3 Å². The molecule has 104 valence electrons. The van der Waals surface area contributed by atoms with Crippen molar-refractivity contribution in [3.05, 3.63) is 70.5 Å². The largest absolute Gasteiger partial charge is 0.346 e. The van der Waals surface area contributed by atoms with Gasteiger partial charge in [0.05, 0.1) is 5.52 Å². The van der Waals surface area contributed by atoms with Crippen molar-refractivity contribution in [1.29, 1.82) is 0 Å². The lowest BCUT2D eigenvalue weighted by Crippen LogP contribution is -2.21. The molecule has 3 aromatic rings. The number of fused-ring (bicyclic) bond motifs is 1. The number of amides is 1. The lowest BCUT2D eigenvalue weighted by molar-refractivity contribution is 0.102. The third-order valence-electron chi connectivity index (χ3n) is 2.95. The molecule has 0 spiro atoms. The Kier molecular flexibility index (Phi) is 3.19. The Morgan fingerprint density at radius 3 is 2.57 bits per heavy atom. The third kappa shape index (κ3) is 2.64. The molecule has 1 aromatic heterocycles. The molecule has 0 aliphatic rings. The fourth-order valence-corrected chi connectivity index (χ4v) is 2.00. The van der Waals surface area contributed by atoms with Crippen LogP contribution in [-0.4, -0.2) is 15.9 Å². The highest BCUT2D eigenvalue weighted by Gasteiger charge is 2.13. The van der Waals surface area contributed by atoms with E-state index >= 15 is 0 Å². The summed E-state index contributed by atoms with van der Waals surface area (Å²) < 4.78 is 12.8. The average molecular weight is 283 g/mol. The number of nitrogens with zero attached hydrogens (tertiary/aromatic N) is 1. The van der Waals surface area contributed by atoms with Crippen molar-refractivity contribution in [3.63, 3.8) is 0 Å². The number of hydrogen-bond donors (Lipinski definition) is 2. The number of benzene rings is 2. The molecular weight excluding hydrogens is 273 g/mol. The molecule has 0 bridgehead atoms. The first kappa shape index (κ1) is 13.0. The van der Waals surface area contributed by atoms with Gasteiger partial charge < -0.3 is 10.3 Å². The number of H-pyrrole nitrogens is 1. The number of hydrogen-bond acceptors (Lipinski definition) is 3. The van der Waals surface area contributed by atoms with Gasteiger partial charge in [-0.25, -0.2) is 9.18 Å². The minimum atomic E-state index is -0.599. The number of halogens is 1. The molecule has 21 heavy (non-hydrogen) atoms. The van der Waals surface area contributed by atoms with Gasteiger partial charge in [-0.1, -0.05) is 18.2 Å². The van der Waals surface area contributed by atoms with Crippen LogP contribution in [0.5, 0.6) is 0 Å². The summed E-state index contributed by atoms with van der Waals surface area (Å²) in [7, 11) is 0. The maximum Gasteiger partial charge on any atom is 0.346 e. The van der Waals surface area contributed by atoms with Crippen molar-refractivity contribution in [2.45, 2.75) is 0 Å². The topological polar surface area (TPSA) is 74.8 Å². The number of aromatic nitrogens is 2. The van der Waals surface area contributed by atoms with E-state index < -0.39 is 17.4 Å². The van der Waals surface area contributed by atoms with Crippen LogP contribution in [0.1, 0.15) is 10.5 Å². The highest BCUT2D eigenvalue weighted by molar-refractivity contribution is 6.10. The standard InChI is InChI=1S/C15H10FN3O2/c16-9-5-7-10(8-6-9)17-14(20)13-11-3-1-2-4-12(11)18-15(21)19-13/h1-8H,(H,17,20)(H,18,19,21). The van der Waals surface area contributed by atoms with Gasteiger partial charge in [-0.3, -0.25) is 4.79 Å². The van der Waals surface area contributed by atoms with Crippen molar-refractivity contribution < 1.29 is 9.18 Å². The van der Waals surface area contributed by atoms with E-state index in [1.165, 1.54) is 24.3 Å². The molecule has 0 atom stereocenters. The number of nitrogens with one attached hydrogen (secondary N) is 2. The van der Waals surface area contributed by atoms with Gasteiger partial charge in [-0.2, -0.15) is 4.98 Å². The molecule has 0 fully saturated rings. The summed E-state index contributed by atoms with van der Waals surface area (Å²) in [6, 6.07) is 12.2. The molecule has 3 rings (SSSR count). The van der Waals surface area contributed by atoms with Gasteiger partial charge in [0, 0.05) is 11.1 Å². The molecular formula is C15H10FN3O2. The Labute approximate surface area is 118 Å². The first-order valence-electron chi connectivity index (χ1n) is 6.19. The van der Waals surface area contributed by atoms with Crippen molar-refractivity contribution >= 4 is 22.5 Å². The zero-order chi connectivity index (χ0) is 14.8. The number of carbonyl (C=O) groups excluding carboxylic acids is 1. The van der Waals surface area contributed by atoms with Crippen LogP contribution in [0.25, 0.3) is 10.9 Å². The molecule has 6 heteroatoms. The number of aromatic amines is 1. The zero-order valence-electron chi connectivity index (χ0n) is 10.8. The van der Waals surface area contributed by atoms with Gasteiger partial charge in [-0.15, -0.1) is 0 Å². The van der Waals surface area contributed by atoms with E-state index in [-0.39, 0.29) is 5.69 Å². The molecule has 0 unspecified atom stereocenters. The molecule has 2 aromatic carbocycles. The monoisotopic (exact) mass is 283 g/mol. The van der Waals surface area contributed by atoms with Gasteiger partial charge in [0.25, 0.3) is 5.91 Å². The number of carbonyl (C=O) groups is 1.